The van der Waals surface area contributed by atoms with Crippen molar-refractivity contribution in [2.75, 3.05) is 11.9 Å². The van der Waals surface area contributed by atoms with E-state index in [-0.39, 0.29) is 23.8 Å². The van der Waals surface area contributed by atoms with E-state index in [2.05, 4.69) is 16.8 Å². The first-order valence-electron chi connectivity index (χ1n) is 10.0. The molecule has 1 aromatic carbocycles. The molecule has 1 aliphatic carbocycles. The molecule has 2 heterocycles. The number of carbonyl (C=O) groups is 2. The van der Waals surface area contributed by atoms with Crippen LogP contribution in [0.2, 0.25) is 0 Å². The van der Waals surface area contributed by atoms with Crippen molar-refractivity contribution in [1.82, 2.24) is 4.90 Å². The Morgan fingerprint density at radius 3 is 2.93 bits per heavy atom. The van der Waals surface area contributed by atoms with Gasteiger partial charge >= 0.3 is 0 Å². The molecule has 28 heavy (non-hydrogen) atoms. The molecule has 1 fully saturated rings. The molecule has 1 aliphatic heterocycles. The molecule has 148 valence electrons. The first kappa shape index (κ1) is 19.2. The maximum Gasteiger partial charge on any atom is 0.254 e. The summed E-state index contributed by atoms with van der Waals surface area (Å²) in [6.45, 7) is 3.31. The molecular weight excluding hydrogens is 370 g/mol. The maximum absolute atomic E-state index is 13.1. The molecule has 2 aliphatic rings. The first-order valence-corrected chi connectivity index (χ1v) is 10.9. The highest BCUT2D eigenvalue weighted by Gasteiger charge is 2.27. The number of rotatable bonds is 3. The third-order valence-corrected chi connectivity index (χ3v) is 7.03. The summed E-state index contributed by atoms with van der Waals surface area (Å²) in [5.74, 6) is 0.00971. The number of carbonyl (C=O) groups excluding carboxylic acids is 2. The fourth-order valence-corrected chi connectivity index (χ4v) is 5.19. The van der Waals surface area contributed by atoms with Crippen LogP contribution in [-0.4, -0.2) is 29.3 Å². The molecule has 3 N–H and O–H groups in total. The number of nitrogens with one attached hydrogen (secondary N) is 1. The summed E-state index contributed by atoms with van der Waals surface area (Å²) in [6.07, 6.45) is 4.52. The maximum atomic E-state index is 13.1. The molecule has 0 spiro atoms. The van der Waals surface area contributed by atoms with Gasteiger partial charge in [0.2, 0.25) is 5.91 Å². The van der Waals surface area contributed by atoms with Gasteiger partial charge in [0.25, 0.3) is 5.91 Å². The SMILES string of the molecule is Cc1c(NC(=O)C2CCCC(N)C2)cccc1C(=O)N1CCc2sccc2C1. The van der Waals surface area contributed by atoms with Crippen LogP contribution in [0.4, 0.5) is 5.69 Å². The normalized spacial score (nSPS) is 21.9. The molecule has 1 aromatic heterocycles. The van der Waals surface area contributed by atoms with Crippen LogP contribution in [0.3, 0.4) is 0 Å². The van der Waals surface area contributed by atoms with Crippen molar-refractivity contribution < 1.29 is 9.59 Å². The van der Waals surface area contributed by atoms with Gasteiger partial charge in [-0.05, 0) is 67.3 Å². The molecule has 0 saturated heterocycles. The minimum Gasteiger partial charge on any atom is -0.334 e. The number of anilines is 1. The van der Waals surface area contributed by atoms with Gasteiger partial charge in [-0.1, -0.05) is 12.5 Å². The van der Waals surface area contributed by atoms with Crippen molar-refractivity contribution in [3.05, 3.63) is 51.2 Å². The third-order valence-electron chi connectivity index (χ3n) is 6.00. The van der Waals surface area contributed by atoms with Crippen molar-refractivity contribution in [1.29, 1.82) is 0 Å². The van der Waals surface area contributed by atoms with Gasteiger partial charge in [0.15, 0.2) is 0 Å². The van der Waals surface area contributed by atoms with Crippen LogP contribution >= 0.6 is 11.3 Å². The Labute approximate surface area is 169 Å². The van der Waals surface area contributed by atoms with Gasteiger partial charge in [-0.25, -0.2) is 0 Å². The first-order chi connectivity index (χ1) is 13.5. The van der Waals surface area contributed by atoms with Crippen LogP contribution < -0.4 is 11.1 Å². The van der Waals surface area contributed by atoms with Gasteiger partial charge in [-0.15, -0.1) is 11.3 Å². The Bertz CT molecular complexity index is 892. The Balaban J connectivity index is 1.49. The number of hydrogen-bond donors (Lipinski definition) is 2. The van der Waals surface area contributed by atoms with Crippen LogP contribution in [0.25, 0.3) is 0 Å². The van der Waals surface area contributed by atoms with Crippen LogP contribution in [-0.2, 0) is 17.8 Å². The number of nitrogens with zero attached hydrogens (tertiary/aromatic N) is 1. The molecule has 6 heteroatoms. The zero-order valence-electron chi connectivity index (χ0n) is 16.2. The number of amides is 2. The van der Waals surface area contributed by atoms with Gasteiger partial charge in [0.05, 0.1) is 0 Å². The van der Waals surface area contributed by atoms with Gasteiger partial charge in [-0.2, -0.15) is 0 Å². The Kier molecular flexibility index (Phi) is 5.51. The molecule has 2 atom stereocenters. The monoisotopic (exact) mass is 397 g/mol. The van der Waals surface area contributed by atoms with Crippen molar-refractivity contribution in [2.24, 2.45) is 11.7 Å². The van der Waals surface area contributed by atoms with Crippen LogP contribution in [0.5, 0.6) is 0 Å². The Morgan fingerprint density at radius 1 is 1.25 bits per heavy atom. The topological polar surface area (TPSA) is 75.4 Å². The van der Waals surface area contributed by atoms with Crippen LogP contribution in [0.1, 0.15) is 52.0 Å². The smallest absolute Gasteiger partial charge is 0.254 e. The van der Waals surface area contributed by atoms with E-state index < -0.39 is 0 Å². The van der Waals surface area contributed by atoms with E-state index in [1.165, 1.54) is 10.4 Å². The second-order valence-corrected chi connectivity index (χ2v) is 8.94. The van der Waals surface area contributed by atoms with E-state index in [9.17, 15) is 9.59 Å². The quantitative estimate of drug-likeness (QED) is 0.829. The van der Waals surface area contributed by atoms with E-state index in [0.717, 1.165) is 49.9 Å². The van der Waals surface area contributed by atoms with E-state index in [1.54, 1.807) is 11.3 Å². The molecule has 2 amide bonds. The number of fused-ring (bicyclic) bond motifs is 1. The zero-order chi connectivity index (χ0) is 19.7. The second-order valence-electron chi connectivity index (χ2n) is 7.94. The summed E-state index contributed by atoms with van der Waals surface area (Å²) in [4.78, 5) is 29.1. The summed E-state index contributed by atoms with van der Waals surface area (Å²) in [6, 6.07) is 7.80. The lowest BCUT2D eigenvalue weighted by Crippen LogP contribution is -2.36. The molecule has 2 unspecified atom stereocenters. The average Bonchev–Trinajstić information content (AvgIpc) is 3.17. The van der Waals surface area contributed by atoms with Gasteiger partial charge < -0.3 is 16.0 Å². The molecular formula is C22H27N3O2S. The summed E-state index contributed by atoms with van der Waals surface area (Å²) in [7, 11) is 0. The highest BCUT2D eigenvalue weighted by atomic mass is 32.1. The standard InChI is InChI=1S/C22H27N3O2S/c1-14-18(22(27)25-10-8-20-16(13-25)9-11-28-20)6-3-7-19(14)24-21(26)15-4-2-5-17(23)12-15/h3,6-7,9,11,15,17H,2,4-5,8,10,12-13,23H2,1H3,(H,24,26). The predicted molar refractivity (Wildman–Crippen MR) is 113 cm³/mol. The van der Waals surface area contributed by atoms with E-state index in [0.29, 0.717) is 12.1 Å². The summed E-state index contributed by atoms with van der Waals surface area (Å²) >= 11 is 1.77. The molecule has 1 saturated carbocycles. The zero-order valence-corrected chi connectivity index (χ0v) is 17.1. The highest BCUT2D eigenvalue weighted by molar-refractivity contribution is 7.10. The van der Waals surface area contributed by atoms with Gasteiger partial charge in [0.1, 0.15) is 0 Å². The Hall–Kier alpha value is -2.18. The van der Waals surface area contributed by atoms with Gasteiger partial charge in [-0.3, -0.25) is 9.59 Å². The molecule has 0 radical (unpaired) electrons. The number of nitrogens with two attached hydrogens (primary N) is 1. The average molecular weight is 398 g/mol. The summed E-state index contributed by atoms with van der Waals surface area (Å²) in [5, 5.41) is 5.14. The number of thiophene rings is 1. The van der Waals surface area contributed by atoms with Crippen molar-refractivity contribution in [3.63, 3.8) is 0 Å². The molecule has 5 nitrogen and oxygen atoms in total. The lowest BCUT2D eigenvalue weighted by atomic mass is 9.85. The fraction of sp³-hybridized carbons (Fsp3) is 0.455. The highest BCUT2D eigenvalue weighted by Crippen LogP contribution is 2.28. The van der Waals surface area contributed by atoms with E-state index in [4.69, 9.17) is 5.73 Å². The lowest BCUT2D eigenvalue weighted by molar-refractivity contribution is -0.120. The third kappa shape index (κ3) is 3.84. The molecule has 0 bridgehead atoms. The second kappa shape index (κ2) is 8.05. The number of hydrogen-bond acceptors (Lipinski definition) is 4. The van der Waals surface area contributed by atoms with Crippen molar-refractivity contribution in [3.8, 4) is 0 Å². The molecule has 2 aromatic rings. The fourth-order valence-electron chi connectivity index (χ4n) is 4.30. The summed E-state index contributed by atoms with van der Waals surface area (Å²) < 4.78 is 0. The van der Waals surface area contributed by atoms with Crippen molar-refractivity contribution in [2.45, 2.75) is 51.6 Å². The van der Waals surface area contributed by atoms with Crippen LogP contribution in [0.15, 0.2) is 29.6 Å². The predicted octanol–water partition coefficient (Wildman–Crippen LogP) is 3.71. The van der Waals surface area contributed by atoms with Crippen molar-refractivity contribution >= 4 is 28.8 Å². The molecule has 4 rings (SSSR count). The Morgan fingerprint density at radius 2 is 2.11 bits per heavy atom. The minimum absolute atomic E-state index is 0.0173. The van der Waals surface area contributed by atoms with E-state index >= 15 is 0 Å². The van der Waals surface area contributed by atoms with Gasteiger partial charge in [0, 0.05) is 41.2 Å². The number of benzene rings is 1. The minimum atomic E-state index is -0.0402. The van der Waals surface area contributed by atoms with E-state index in [1.807, 2.05) is 30.0 Å². The van der Waals surface area contributed by atoms with Crippen LogP contribution in [0, 0.1) is 12.8 Å². The lowest BCUT2D eigenvalue weighted by Gasteiger charge is -2.28. The largest absolute Gasteiger partial charge is 0.334 e. The summed E-state index contributed by atoms with van der Waals surface area (Å²) in [5.41, 5.74) is 9.50.